The van der Waals surface area contributed by atoms with Gasteiger partial charge in [0.1, 0.15) is 5.75 Å². The van der Waals surface area contributed by atoms with Gasteiger partial charge in [-0.25, -0.2) is 0 Å². The molecular formula is C14H19NO3. The van der Waals surface area contributed by atoms with Crippen LogP contribution in [0.4, 0.5) is 0 Å². The summed E-state index contributed by atoms with van der Waals surface area (Å²) in [5.41, 5.74) is 1.07. The van der Waals surface area contributed by atoms with Crippen molar-refractivity contribution in [3.63, 3.8) is 0 Å². The lowest BCUT2D eigenvalue weighted by atomic mass is 9.91. The van der Waals surface area contributed by atoms with Gasteiger partial charge < -0.3 is 10.2 Å². The van der Waals surface area contributed by atoms with E-state index in [9.17, 15) is 9.90 Å². The van der Waals surface area contributed by atoms with E-state index in [1.165, 1.54) is 0 Å². The summed E-state index contributed by atoms with van der Waals surface area (Å²) < 4.78 is 0. The third-order valence-electron chi connectivity index (χ3n) is 3.66. The van der Waals surface area contributed by atoms with Crippen LogP contribution in [0.25, 0.3) is 0 Å². The highest BCUT2D eigenvalue weighted by molar-refractivity contribution is 5.70. The second-order valence-corrected chi connectivity index (χ2v) is 5.05. The van der Waals surface area contributed by atoms with Crippen LogP contribution in [0, 0.1) is 5.92 Å². The molecular weight excluding hydrogens is 230 g/mol. The molecule has 1 aliphatic rings. The molecule has 2 atom stereocenters. The van der Waals surface area contributed by atoms with Gasteiger partial charge in [0.2, 0.25) is 0 Å². The van der Waals surface area contributed by atoms with Gasteiger partial charge in [-0.05, 0) is 44.0 Å². The molecule has 4 heteroatoms. The Balaban J connectivity index is 1.97. The van der Waals surface area contributed by atoms with Gasteiger partial charge in [0.05, 0.1) is 5.92 Å². The van der Waals surface area contributed by atoms with Crippen LogP contribution in [0.15, 0.2) is 24.3 Å². The number of rotatable bonds is 3. The highest BCUT2D eigenvalue weighted by atomic mass is 16.4. The number of piperidine rings is 1. The third-order valence-corrected chi connectivity index (χ3v) is 3.66. The average molecular weight is 249 g/mol. The van der Waals surface area contributed by atoms with Gasteiger partial charge in [0.25, 0.3) is 0 Å². The molecule has 0 radical (unpaired) electrons. The predicted molar refractivity (Wildman–Crippen MR) is 68.3 cm³/mol. The largest absolute Gasteiger partial charge is 0.508 e. The lowest BCUT2D eigenvalue weighted by Gasteiger charge is -2.36. The number of carboxylic acids is 1. The summed E-state index contributed by atoms with van der Waals surface area (Å²) in [5, 5.41) is 18.4. The highest BCUT2D eigenvalue weighted by Crippen LogP contribution is 2.25. The summed E-state index contributed by atoms with van der Waals surface area (Å²) in [7, 11) is 0. The Morgan fingerprint density at radius 2 is 2.28 bits per heavy atom. The number of carbonyl (C=O) groups is 1. The number of phenols is 1. The SMILES string of the molecule is CC1CC(C(=O)O)CCN1Cc1cccc(O)c1. The van der Waals surface area contributed by atoms with Gasteiger partial charge >= 0.3 is 5.97 Å². The van der Waals surface area contributed by atoms with E-state index in [0.717, 1.165) is 18.7 Å². The third kappa shape index (κ3) is 3.01. The monoisotopic (exact) mass is 249 g/mol. The van der Waals surface area contributed by atoms with Crippen LogP contribution in [0.1, 0.15) is 25.3 Å². The fourth-order valence-corrected chi connectivity index (χ4v) is 2.57. The lowest BCUT2D eigenvalue weighted by molar-refractivity contribution is -0.144. The van der Waals surface area contributed by atoms with Crippen molar-refractivity contribution >= 4 is 5.97 Å². The topological polar surface area (TPSA) is 60.8 Å². The standard InChI is InChI=1S/C14H19NO3/c1-10-7-12(14(17)18)5-6-15(10)9-11-3-2-4-13(16)8-11/h2-4,8,10,12,16H,5-7,9H2,1H3,(H,17,18). The average Bonchev–Trinajstić information content (AvgIpc) is 2.31. The van der Waals surface area contributed by atoms with Crippen LogP contribution in [0.3, 0.4) is 0 Å². The molecule has 0 spiro atoms. The smallest absolute Gasteiger partial charge is 0.306 e. The lowest BCUT2D eigenvalue weighted by Crippen LogP contribution is -2.42. The number of benzene rings is 1. The quantitative estimate of drug-likeness (QED) is 0.861. The Hall–Kier alpha value is -1.55. The van der Waals surface area contributed by atoms with Crippen molar-refractivity contribution in [3.8, 4) is 5.75 Å². The van der Waals surface area contributed by atoms with Crippen molar-refractivity contribution in [3.05, 3.63) is 29.8 Å². The first kappa shape index (κ1) is 12.9. The zero-order valence-electron chi connectivity index (χ0n) is 10.5. The van der Waals surface area contributed by atoms with Crippen molar-refractivity contribution in [1.82, 2.24) is 4.90 Å². The maximum atomic E-state index is 11.0. The first-order valence-electron chi connectivity index (χ1n) is 6.31. The number of carboxylic acid groups (broad SMARTS) is 1. The maximum Gasteiger partial charge on any atom is 0.306 e. The van der Waals surface area contributed by atoms with Gasteiger partial charge in [0, 0.05) is 12.6 Å². The molecule has 1 fully saturated rings. The van der Waals surface area contributed by atoms with Crippen LogP contribution in [-0.4, -0.2) is 33.7 Å². The Morgan fingerprint density at radius 3 is 2.89 bits per heavy atom. The van der Waals surface area contributed by atoms with E-state index >= 15 is 0 Å². The molecule has 1 heterocycles. The van der Waals surface area contributed by atoms with Gasteiger partial charge in [-0.3, -0.25) is 9.69 Å². The molecule has 98 valence electrons. The highest BCUT2D eigenvalue weighted by Gasteiger charge is 2.29. The molecule has 0 aromatic heterocycles. The Morgan fingerprint density at radius 1 is 1.50 bits per heavy atom. The van der Waals surface area contributed by atoms with Crippen LogP contribution >= 0.6 is 0 Å². The van der Waals surface area contributed by atoms with Crippen molar-refractivity contribution in [2.24, 2.45) is 5.92 Å². The number of aromatic hydroxyl groups is 1. The molecule has 1 aromatic rings. The minimum absolute atomic E-state index is 0.208. The maximum absolute atomic E-state index is 11.0. The molecule has 1 aliphatic heterocycles. The van der Waals surface area contributed by atoms with E-state index in [1.807, 2.05) is 12.1 Å². The fraction of sp³-hybridized carbons (Fsp3) is 0.500. The summed E-state index contributed by atoms with van der Waals surface area (Å²) in [5.74, 6) is -0.611. The molecule has 0 saturated carbocycles. The zero-order valence-corrected chi connectivity index (χ0v) is 10.5. The molecule has 2 rings (SSSR count). The zero-order chi connectivity index (χ0) is 13.1. The molecule has 0 bridgehead atoms. The molecule has 4 nitrogen and oxygen atoms in total. The van der Waals surface area contributed by atoms with Crippen LogP contribution < -0.4 is 0 Å². The fourth-order valence-electron chi connectivity index (χ4n) is 2.57. The van der Waals surface area contributed by atoms with Gasteiger partial charge in [-0.2, -0.15) is 0 Å². The minimum atomic E-state index is -0.682. The number of hydrogen-bond donors (Lipinski definition) is 2. The molecule has 1 aromatic carbocycles. The number of hydrogen-bond acceptors (Lipinski definition) is 3. The second-order valence-electron chi connectivity index (χ2n) is 5.05. The summed E-state index contributed by atoms with van der Waals surface area (Å²) in [6, 6.07) is 7.50. The molecule has 0 amide bonds. The molecule has 2 N–H and O–H groups in total. The predicted octanol–water partition coefficient (Wildman–Crippen LogP) is 2.08. The van der Waals surface area contributed by atoms with E-state index in [4.69, 9.17) is 5.11 Å². The van der Waals surface area contributed by atoms with Crippen LogP contribution in [-0.2, 0) is 11.3 Å². The van der Waals surface area contributed by atoms with E-state index in [0.29, 0.717) is 12.8 Å². The summed E-state index contributed by atoms with van der Waals surface area (Å²) in [6.45, 7) is 3.63. The summed E-state index contributed by atoms with van der Waals surface area (Å²) in [6.07, 6.45) is 1.41. The van der Waals surface area contributed by atoms with Crippen molar-refractivity contribution in [2.45, 2.75) is 32.4 Å². The normalized spacial score (nSPS) is 24.9. The number of aliphatic carboxylic acids is 1. The van der Waals surface area contributed by atoms with Gasteiger partial charge in [0.15, 0.2) is 0 Å². The minimum Gasteiger partial charge on any atom is -0.508 e. The second kappa shape index (κ2) is 5.40. The Kier molecular flexibility index (Phi) is 3.87. The van der Waals surface area contributed by atoms with E-state index in [-0.39, 0.29) is 17.7 Å². The van der Waals surface area contributed by atoms with E-state index in [2.05, 4.69) is 11.8 Å². The van der Waals surface area contributed by atoms with E-state index < -0.39 is 5.97 Å². The molecule has 2 unspecified atom stereocenters. The van der Waals surface area contributed by atoms with Crippen molar-refractivity contribution in [2.75, 3.05) is 6.54 Å². The Bertz CT molecular complexity index is 433. The van der Waals surface area contributed by atoms with Crippen molar-refractivity contribution in [1.29, 1.82) is 0 Å². The first-order valence-corrected chi connectivity index (χ1v) is 6.31. The van der Waals surface area contributed by atoms with Gasteiger partial charge in [-0.1, -0.05) is 12.1 Å². The van der Waals surface area contributed by atoms with Crippen LogP contribution in [0.2, 0.25) is 0 Å². The molecule has 18 heavy (non-hydrogen) atoms. The number of likely N-dealkylation sites (tertiary alicyclic amines) is 1. The number of nitrogens with zero attached hydrogens (tertiary/aromatic N) is 1. The van der Waals surface area contributed by atoms with E-state index in [1.54, 1.807) is 12.1 Å². The first-order chi connectivity index (χ1) is 8.56. The van der Waals surface area contributed by atoms with Gasteiger partial charge in [-0.15, -0.1) is 0 Å². The molecule has 1 saturated heterocycles. The van der Waals surface area contributed by atoms with Crippen LogP contribution in [0.5, 0.6) is 5.75 Å². The number of phenolic OH excluding ortho intramolecular Hbond substituents is 1. The Labute approximate surface area is 107 Å². The summed E-state index contributed by atoms with van der Waals surface area (Å²) in [4.78, 5) is 13.2. The summed E-state index contributed by atoms with van der Waals surface area (Å²) >= 11 is 0. The molecule has 0 aliphatic carbocycles. The van der Waals surface area contributed by atoms with Crippen molar-refractivity contribution < 1.29 is 15.0 Å².